The van der Waals surface area contributed by atoms with Gasteiger partial charge in [0.2, 0.25) is 0 Å². The molecule has 0 radical (unpaired) electrons. The Morgan fingerprint density at radius 1 is 1.37 bits per heavy atom. The van der Waals surface area contributed by atoms with Gasteiger partial charge in [0.25, 0.3) is 0 Å². The summed E-state index contributed by atoms with van der Waals surface area (Å²) < 4.78 is 5.71. The Balaban J connectivity index is 2.02. The zero-order valence-electron chi connectivity index (χ0n) is 10.9. The zero-order valence-corrected chi connectivity index (χ0v) is 11.7. The van der Waals surface area contributed by atoms with Gasteiger partial charge in [0, 0.05) is 29.9 Å². The summed E-state index contributed by atoms with van der Waals surface area (Å²) in [6, 6.07) is 10.7. The van der Waals surface area contributed by atoms with Crippen molar-refractivity contribution in [3.63, 3.8) is 0 Å². The number of anilines is 1. The lowest BCUT2D eigenvalue weighted by Gasteiger charge is -2.39. The van der Waals surface area contributed by atoms with E-state index in [2.05, 4.69) is 35.0 Å². The van der Waals surface area contributed by atoms with Gasteiger partial charge in [0.15, 0.2) is 0 Å². The van der Waals surface area contributed by atoms with Crippen molar-refractivity contribution < 1.29 is 4.74 Å². The summed E-state index contributed by atoms with van der Waals surface area (Å²) in [5.41, 5.74) is 2.25. The molecule has 1 fully saturated rings. The summed E-state index contributed by atoms with van der Waals surface area (Å²) in [4.78, 5) is 6.79. The molecule has 0 spiro atoms. The quantitative estimate of drug-likeness (QED) is 0.789. The lowest BCUT2D eigenvalue weighted by molar-refractivity contribution is 0.0366. The van der Waals surface area contributed by atoms with Crippen LogP contribution in [0.15, 0.2) is 36.5 Å². The first-order valence-corrected chi connectivity index (χ1v) is 7.11. The molecule has 1 aromatic heterocycles. The van der Waals surface area contributed by atoms with E-state index < -0.39 is 0 Å². The Morgan fingerprint density at radius 3 is 3.05 bits per heavy atom. The molecule has 1 saturated heterocycles. The Kier molecular flexibility index (Phi) is 3.58. The van der Waals surface area contributed by atoms with Crippen molar-refractivity contribution in [2.45, 2.75) is 19.1 Å². The van der Waals surface area contributed by atoms with E-state index in [1.807, 2.05) is 18.3 Å². The molecule has 4 heteroatoms. The smallest absolute Gasteiger partial charge is 0.0886 e. The molecule has 0 aliphatic carbocycles. The number of nitrogens with zero attached hydrogens (tertiary/aromatic N) is 2. The van der Waals surface area contributed by atoms with Crippen LogP contribution in [0.25, 0.3) is 10.9 Å². The van der Waals surface area contributed by atoms with Crippen molar-refractivity contribution in [2.24, 2.45) is 0 Å². The number of ether oxygens (including phenoxy) is 1. The third-order valence-corrected chi connectivity index (χ3v) is 3.96. The van der Waals surface area contributed by atoms with Crippen LogP contribution in [0.5, 0.6) is 0 Å². The van der Waals surface area contributed by atoms with Gasteiger partial charge in [0.1, 0.15) is 0 Å². The minimum atomic E-state index is 0.102. The van der Waals surface area contributed by atoms with Gasteiger partial charge >= 0.3 is 0 Å². The third-order valence-electron chi connectivity index (χ3n) is 3.61. The first kappa shape index (κ1) is 12.7. The highest BCUT2D eigenvalue weighted by molar-refractivity contribution is 6.18. The van der Waals surface area contributed by atoms with Crippen LogP contribution in [0.1, 0.15) is 6.92 Å². The van der Waals surface area contributed by atoms with Crippen LogP contribution in [0, 0.1) is 0 Å². The second kappa shape index (κ2) is 5.35. The molecule has 100 valence electrons. The summed E-state index contributed by atoms with van der Waals surface area (Å²) in [6.45, 7) is 3.73. The zero-order chi connectivity index (χ0) is 13.2. The molecular weight excluding hydrogens is 260 g/mol. The average molecular weight is 277 g/mol. The van der Waals surface area contributed by atoms with Gasteiger partial charge in [-0.05, 0) is 19.1 Å². The average Bonchev–Trinajstić information content (AvgIpc) is 2.47. The molecule has 0 saturated carbocycles. The van der Waals surface area contributed by atoms with Crippen molar-refractivity contribution in [2.75, 3.05) is 23.9 Å². The van der Waals surface area contributed by atoms with Gasteiger partial charge in [-0.2, -0.15) is 0 Å². The molecule has 0 amide bonds. The molecule has 3 rings (SSSR count). The number of rotatable bonds is 2. The van der Waals surface area contributed by atoms with Gasteiger partial charge in [-0.1, -0.05) is 18.2 Å². The van der Waals surface area contributed by atoms with Gasteiger partial charge in [-0.3, -0.25) is 4.98 Å². The summed E-state index contributed by atoms with van der Waals surface area (Å²) >= 11 is 5.94. The van der Waals surface area contributed by atoms with E-state index in [0.29, 0.717) is 18.5 Å². The molecule has 2 unspecified atom stereocenters. The number of morpholine rings is 1. The topological polar surface area (TPSA) is 25.4 Å². The summed E-state index contributed by atoms with van der Waals surface area (Å²) in [6.07, 6.45) is 1.97. The number of fused-ring (bicyclic) bond motifs is 1. The Hall–Kier alpha value is -1.32. The summed E-state index contributed by atoms with van der Waals surface area (Å²) in [5, 5.41) is 1.19. The third kappa shape index (κ3) is 2.40. The molecule has 2 aromatic rings. The van der Waals surface area contributed by atoms with Crippen LogP contribution in [-0.4, -0.2) is 36.2 Å². The number of para-hydroxylation sites is 1. The monoisotopic (exact) mass is 276 g/mol. The second-order valence-corrected chi connectivity index (χ2v) is 5.27. The predicted octanol–water partition coefficient (Wildman–Crippen LogP) is 3.07. The maximum absolute atomic E-state index is 5.94. The molecule has 2 atom stereocenters. The number of pyridine rings is 1. The van der Waals surface area contributed by atoms with Crippen LogP contribution >= 0.6 is 11.6 Å². The number of benzene rings is 1. The van der Waals surface area contributed by atoms with Crippen LogP contribution in [0.4, 0.5) is 5.69 Å². The van der Waals surface area contributed by atoms with E-state index >= 15 is 0 Å². The molecule has 0 N–H and O–H groups in total. The van der Waals surface area contributed by atoms with Crippen molar-refractivity contribution in [1.82, 2.24) is 4.98 Å². The Morgan fingerprint density at radius 2 is 2.21 bits per heavy atom. The molecule has 19 heavy (non-hydrogen) atoms. The normalized spacial score (nSPS) is 23.8. The number of alkyl halides is 1. The maximum Gasteiger partial charge on any atom is 0.0886 e. The summed E-state index contributed by atoms with van der Waals surface area (Å²) in [5.74, 6) is 0.534. The molecule has 1 aromatic carbocycles. The maximum atomic E-state index is 5.94. The van der Waals surface area contributed by atoms with Crippen molar-refractivity contribution in [3.05, 3.63) is 36.5 Å². The van der Waals surface area contributed by atoms with Crippen LogP contribution in [0.3, 0.4) is 0 Å². The van der Waals surface area contributed by atoms with E-state index in [9.17, 15) is 0 Å². The molecule has 2 heterocycles. The van der Waals surface area contributed by atoms with Crippen LogP contribution in [-0.2, 0) is 4.74 Å². The highest BCUT2D eigenvalue weighted by atomic mass is 35.5. The minimum Gasteiger partial charge on any atom is -0.373 e. The lowest BCUT2D eigenvalue weighted by Crippen LogP contribution is -2.49. The van der Waals surface area contributed by atoms with Crippen molar-refractivity contribution in [1.29, 1.82) is 0 Å². The largest absolute Gasteiger partial charge is 0.373 e. The highest BCUT2D eigenvalue weighted by Crippen LogP contribution is 2.29. The van der Waals surface area contributed by atoms with Gasteiger partial charge in [0.05, 0.1) is 24.1 Å². The molecule has 0 bridgehead atoms. The molecule has 1 aliphatic heterocycles. The fourth-order valence-electron chi connectivity index (χ4n) is 2.58. The van der Waals surface area contributed by atoms with E-state index in [4.69, 9.17) is 16.3 Å². The first-order chi connectivity index (χ1) is 9.29. The predicted molar refractivity (Wildman–Crippen MR) is 79.0 cm³/mol. The Labute approximate surface area is 118 Å². The SMILES string of the molecule is CC1COC(CCl)CN1c1ccnc2ccccc12. The first-order valence-electron chi connectivity index (χ1n) is 6.57. The summed E-state index contributed by atoms with van der Waals surface area (Å²) in [7, 11) is 0. The highest BCUT2D eigenvalue weighted by Gasteiger charge is 2.26. The Bertz CT molecular complexity index is 570. The number of aromatic nitrogens is 1. The lowest BCUT2D eigenvalue weighted by atomic mass is 10.1. The van der Waals surface area contributed by atoms with Gasteiger partial charge in [-0.25, -0.2) is 0 Å². The number of halogens is 1. The van der Waals surface area contributed by atoms with Crippen LogP contribution in [0.2, 0.25) is 0 Å². The van der Waals surface area contributed by atoms with Gasteiger partial charge in [-0.15, -0.1) is 11.6 Å². The van der Waals surface area contributed by atoms with E-state index in [-0.39, 0.29) is 6.10 Å². The van der Waals surface area contributed by atoms with E-state index in [0.717, 1.165) is 12.1 Å². The fraction of sp³-hybridized carbons (Fsp3) is 0.400. The van der Waals surface area contributed by atoms with Gasteiger partial charge < -0.3 is 9.64 Å². The fourth-order valence-corrected chi connectivity index (χ4v) is 2.76. The van der Waals surface area contributed by atoms with E-state index in [1.165, 1.54) is 11.1 Å². The standard InChI is InChI=1S/C15H17ClN2O/c1-11-10-19-12(8-16)9-18(11)15-6-7-17-14-5-3-2-4-13(14)15/h2-7,11-12H,8-10H2,1H3. The molecule has 1 aliphatic rings. The van der Waals surface area contributed by atoms with Crippen molar-refractivity contribution >= 4 is 28.2 Å². The molecular formula is C15H17ClN2O. The van der Waals surface area contributed by atoms with Crippen molar-refractivity contribution in [3.8, 4) is 0 Å². The second-order valence-electron chi connectivity index (χ2n) is 4.96. The van der Waals surface area contributed by atoms with E-state index in [1.54, 1.807) is 0 Å². The number of hydrogen-bond acceptors (Lipinski definition) is 3. The van der Waals surface area contributed by atoms with Crippen LogP contribution < -0.4 is 4.90 Å². The number of hydrogen-bond donors (Lipinski definition) is 0. The minimum absolute atomic E-state index is 0.102. The molecule has 3 nitrogen and oxygen atoms in total.